The zero-order chi connectivity index (χ0) is 10.6. The molecule has 0 radical (unpaired) electrons. The molecular weight excluding hydrogens is 198 g/mol. The SMILES string of the molecule is COC(=O)[C@@H](N)Cc1ccc(S)cc1. The number of rotatable bonds is 3. The molecule has 4 heteroatoms. The van der Waals surface area contributed by atoms with E-state index >= 15 is 0 Å². The predicted molar refractivity (Wildman–Crippen MR) is 57.4 cm³/mol. The Kier molecular flexibility index (Phi) is 3.98. The van der Waals surface area contributed by atoms with Gasteiger partial charge in [-0.3, -0.25) is 4.79 Å². The molecule has 0 unspecified atom stereocenters. The van der Waals surface area contributed by atoms with Crippen molar-refractivity contribution in [2.75, 3.05) is 7.11 Å². The van der Waals surface area contributed by atoms with Gasteiger partial charge in [-0.25, -0.2) is 0 Å². The molecular formula is C10H13NO2S. The molecule has 0 bridgehead atoms. The summed E-state index contributed by atoms with van der Waals surface area (Å²) in [7, 11) is 1.33. The van der Waals surface area contributed by atoms with E-state index in [1.165, 1.54) is 7.11 Å². The van der Waals surface area contributed by atoms with Gasteiger partial charge in [0.15, 0.2) is 0 Å². The summed E-state index contributed by atoms with van der Waals surface area (Å²) < 4.78 is 4.53. The molecule has 0 heterocycles. The third-order valence-corrected chi connectivity index (χ3v) is 2.19. The van der Waals surface area contributed by atoms with E-state index in [4.69, 9.17) is 5.73 Å². The maximum absolute atomic E-state index is 11.0. The lowest BCUT2D eigenvalue weighted by molar-refractivity contribution is -0.142. The van der Waals surface area contributed by atoms with E-state index in [1.807, 2.05) is 24.3 Å². The van der Waals surface area contributed by atoms with E-state index in [0.29, 0.717) is 6.42 Å². The Morgan fingerprint density at radius 1 is 1.50 bits per heavy atom. The number of benzene rings is 1. The minimum absolute atomic E-state index is 0.389. The Bertz CT molecular complexity index is 310. The van der Waals surface area contributed by atoms with E-state index in [0.717, 1.165) is 10.5 Å². The normalized spacial score (nSPS) is 12.2. The lowest BCUT2D eigenvalue weighted by Gasteiger charge is -2.08. The largest absolute Gasteiger partial charge is 0.468 e. The number of esters is 1. The van der Waals surface area contributed by atoms with Gasteiger partial charge in [-0.1, -0.05) is 12.1 Å². The van der Waals surface area contributed by atoms with Gasteiger partial charge < -0.3 is 10.5 Å². The van der Waals surface area contributed by atoms with Crippen LogP contribution in [0, 0.1) is 0 Å². The first-order chi connectivity index (χ1) is 6.63. The maximum atomic E-state index is 11.0. The highest BCUT2D eigenvalue weighted by atomic mass is 32.1. The summed E-state index contributed by atoms with van der Waals surface area (Å²) in [5, 5.41) is 0. The highest BCUT2D eigenvalue weighted by Crippen LogP contribution is 2.09. The quantitative estimate of drug-likeness (QED) is 0.579. The van der Waals surface area contributed by atoms with Crippen LogP contribution in [-0.4, -0.2) is 19.1 Å². The van der Waals surface area contributed by atoms with Gasteiger partial charge in [-0.05, 0) is 24.1 Å². The van der Waals surface area contributed by atoms with Gasteiger partial charge in [0.1, 0.15) is 6.04 Å². The first-order valence-corrected chi connectivity index (χ1v) is 4.69. The van der Waals surface area contributed by atoms with Crippen LogP contribution in [-0.2, 0) is 16.0 Å². The average molecular weight is 211 g/mol. The van der Waals surface area contributed by atoms with Crippen LogP contribution in [0.2, 0.25) is 0 Å². The molecule has 0 saturated carbocycles. The van der Waals surface area contributed by atoms with Gasteiger partial charge in [-0.15, -0.1) is 12.6 Å². The van der Waals surface area contributed by atoms with Crippen molar-refractivity contribution in [3.05, 3.63) is 29.8 Å². The van der Waals surface area contributed by atoms with Crippen molar-refractivity contribution in [2.24, 2.45) is 5.73 Å². The number of hydrogen-bond donors (Lipinski definition) is 2. The van der Waals surface area contributed by atoms with E-state index in [-0.39, 0.29) is 5.97 Å². The molecule has 0 saturated heterocycles. The third kappa shape index (κ3) is 3.05. The Morgan fingerprint density at radius 2 is 2.07 bits per heavy atom. The number of nitrogens with two attached hydrogens (primary N) is 1. The number of methoxy groups -OCH3 is 1. The second kappa shape index (κ2) is 5.02. The minimum atomic E-state index is -0.592. The monoisotopic (exact) mass is 211 g/mol. The van der Waals surface area contributed by atoms with Crippen LogP contribution in [0.3, 0.4) is 0 Å². The first kappa shape index (κ1) is 11.1. The van der Waals surface area contributed by atoms with Gasteiger partial charge in [0.25, 0.3) is 0 Å². The van der Waals surface area contributed by atoms with Crippen LogP contribution < -0.4 is 5.73 Å². The Morgan fingerprint density at radius 3 is 2.57 bits per heavy atom. The van der Waals surface area contributed by atoms with Crippen LogP contribution in [0.1, 0.15) is 5.56 Å². The van der Waals surface area contributed by atoms with Crippen molar-refractivity contribution in [3.8, 4) is 0 Å². The molecule has 0 amide bonds. The highest BCUT2D eigenvalue weighted by molar-refractivity contribution is 7.80. The molecule has 0 fully saturated rings. The van der Waals surface area contributed by atoms with Gasteiger partial charge in [0.2, 0.25) is 0 Å². The summed E-state index contributed by atoms with van der Waals surface area (Å²) >= 11 is 4.16. The molecule has 1 aromatic carbocycles. The lowest BCUT2D eigenvalue weighted by atomic mass is 10.1. The second-order valence-electron chi connectivity index (χ2n) is 3.00. The molecule has 1 rings (SSSR count). The van der Waals surface area contributed by atoms with Crippen molar-refractivity contribution in [1.29, 1.82) is 0 Å². The van der Waals surface area contributed by atoms with Crippen LogP contribution in [0.4, 0.5) is 0 Å². The van der Waals surface area contributed by atoms with Crippen molar-refractivity contribution >= 4 is 18.6 Å². The fourth-order valence-electron chi connectivity index (χ4n) is 1.12. The van der Waals surface area contributed by atoms with Crippen molar-refractivity contribution in [1.82, 2.24) is 0 Å². The average Bonchev–Trinajstić information content (AvgIpc) is 2.20. The molecule has 2 N–H and O–H groups in total. The van der Waals surface area contributed by atoms with Gasteiger partial charge in [-0.2, -0.15) is 0 Å². The predicted octanol–water partition coefficient (Wildman–Crippen LogP) is 1.02. The standard InChI is InChI=1S/C10H13NO2S/c1-13-10(12)9(11)6-7-2-4-8(14)5-3-7/h2-5,9,14H,6,11H2,1H3/t9-/m0/s1. The summed E-state index contributed by atoms with van der Waals surface area (Å²) in [5.74, 6) is -0.389. The topological polar surface area (TPSA) is 52.3 Å². The maximum Gasteiger partial charge on any atom is 0.322 e. The molecule has 0 aliphatic carbocycles. The van der Waals surface area contributed by atoms with Crippen LogP contribution in [0.15, 0.2) is 29.2 Å². The van der Waals surface area contributed by atoms with Crippen LogP contribution >= 0.6 is 12.6 Å². The van der Waals surface area contributed by atoms with Crippen LogP contribution in [0.5, 0.6) is 0 Å². The Labute approximate surface area is 88.7 Å². The van der Waals surface area contributed by atoms with Gasteiger partial charge in [0, 0.05) is 4.90 Å². The van der Waals surface area contributed by atoms with E-state index in [2.05, 4.69) is 17.4 Å². The molecule has 3 nitrogen and oxygen atoms in total. The molecule has 14 heavy (non-hydrogen) atoms. The molecule has 0 aliphatic heterocycles. The zero-order valence-corrected chi connectivity index (χ0v) is 8.83. The summed E-state index contributed by atoms with van der Waals surface area (Å²) in [6.45, 7) is 0. The summed E-state index contributed by atoms with van der Waals surface area (Å²) in [4.78, 5) is 11.9. The van der Waals surface area contributed by atoms with Crippen molar-refractivity contribution < 1.29 is 9.53 Å². The molecule has 1 atom stereocenters. The number of thiol groups is 1. The van der Waals surface area contributed by atoms with Crippen molar-refractivity contribution in [2.45, 2.75) is 17.4 Å². The fourth-order valence-corrected chi connectivity index (χ4v) is 1.27. The molecule has 0 aliphatic rings. The van der Waals surface area contributed by atoms with E-state index in [1.54, 1.807) is 0 Å². The zero-order valence-electron chi connectivity index (χ0n) is 7.93. The highest BCUT2D eigenvalue weighted by Gasteiger charge is 2.13. The number of ether oxygens (including phenoxy) is 1. The minimum Gasteiger partial charge on any atom is -0.468 e. The fraction of sp³-hybridized carbons (Fsp3) is 0.300. The molecule has 0 spiro atoms. The summed E-state index contributed by atoms with van der Waals surface area (Å²) in [6.07, 6.45) is 0.487. The lowest BCUT2D eigenvalue weighted by Crippen LogP contribution is -2.33. The second-order valence-corrected chi connectivity index (χ2v) is 3.52. The van der Waals surface area contributed by atoms with E-state index < -0.39 is 6.04 Å². The smallest absolute Gasteiger partial charge is 0.322 e. The summed E-state index contributed by atoms with van der Waals surface area (Å²) in [5.41, 5.74) is 6.60. The van der Waals surface area contributed by atoms with Gasteiger partial charge >= 0.3 is 5.97 Å². The summed E-state index contributed by atoms with van der Waals surface area (Å²) in [6, 6.07) is 6.92. The van der Waals surface area contributed by atoms with E-state index in [9.17, 15) is 4.79 Å². The Hall–Kier alpha value is -1.00. The number of hydrogen-bond acceptors (Lipinski definition) is 4. The Balaban J connectivity index is 2.60. The molecule has 0 aromatic heterocycles. The molecule has 76 valence electrons. The van der Waals surface area contributed by atoms with Crippen molar-refractivity contribution in [3.63, 3.8) is 0 Å². The molecule has 1 aromatic rings. The third-order valence-electron chi connectivity index (χ3n) is 1.90. The van der Waals surface area contributed by atoms with Crippen LogP contribution in [0.25, 0.3) is 0 Å². The first-order valence-electron chi connectivity index (χ1n) is 4.25. The van der Waals surface area contributed by atoms with Gasteiger partial charge in [0.05, 0.1) is 7.11 Å². The number of carbonyl (C=O) groups is 1. The number of carbonyl (C=O) groups excluding carboxylic acids is 1.